The van der Waals surface area contributed by atoms with Crippen LogP contribution in [0.1, 0.15) is 41.5 Å². The van der Waals surface area contributed by atoms with Crippen molar-refractivity contribution in [3.05, 3.63) is 48.5 Å². The summed E-state index contributed by atoms with van der Waals surface area (Å²) in [6.07, 6.45) is 0. The summed E-state index contributed by atoms with van der Waals surface area (Å²) in [7, 11) is 0. The summed E-state index contributed by atoms with van der Waals surface area (Å²) in [4.78, 5) is 0. The molecule has 2 aromatic rings. The average Bonchev–Trinajstić information content (AvgIpc) is 2.80. The molecule has 0 saturated carbocycles. The molecule has 2 aromatic carbocycles. The second-order valence-corrected chi connectivity index (χ2v) is 23.0. The Morgan fingerprint density at radius 3 is 0.781 bits per heavy atom. The van der Waals surface area contributed by atoms with Crippen LogP contribution in [0.2, 0.25) is 0 Å². The van der Waals surface area contributed by atoms with Crippen molar-refractivity contribution >= 4 is 43.9 Å². The van der Waals surface area contributed by atoms with Crippen molar-refractivity contribution < 1.29 is 0 Å². The van der Waals surface area contributed by atoms with Gasteiger partial charge >= 0.3 is 204 Å². The quantitative estimate of drug-likeness (QED) is 0.358. The van der Waals surface area contributed by atoms with Crippen molar-refractivity contribution in [1.29, 1.82) is 0 Å². The maximum absolute atomic E-state index is 3.41. The molecule has 0 nitrogen and oxygen atoms in total. The topological polar surface area (TPSA) is 0 Å². The SMILES string of the molecule is CC#[C][Sn]([C]#CC)([C]#CC)[c]1ccc(-c2cc[c]([Sn]([C]#CC)([C]#CC)[C]#CC)cc2)cc1. The number of hydrogen-bond acceptors (Lipinski definition) is 0. The Morgan fingerprint density at radius 1 is 0.375 bits per heavy atom. The minimum absolute atomic E-state index is 1.16. The van der Waals surface area contributed by atoms with Gasteiger partial charge < -0.3 is 0 Å². The van der Waals surface area contributed by atoms with Crippen molar-refractivity contribution in [1.82, 2.24) is 0 Å². The van der Waals surface area contributed by atoms with Gasteiger partial charge in [-0.2, -0.15) is 0 Å². The van der Waals surface area contributed by atoms with E-state index < -0.39 is 36.8 Å². The molecule has 2 rings (SSSR count). The van der Waals surface area contributed by atoms with E-state index >= 15 is 0 Å². The summed E-state index contributed by atoms with van der Waals surface area (Å²) in [5.41, 5.74) is 2.31. The van der Waals surface area contributed by atoms with Crippen molar-refractivity contribution in [2.24, 2.45) is 0 Å². The van der Waals surface area contributed by atoms with Crippen LogP contribution in [0.5, 0.6) is 0 Å². The van der Waals surface area contributed by atoms with Crippen LogP contribution < -0.4 is 7.16 Å². The van der Waals surface area contributed by atoms with E-state index in [2.05, 4.69) is 108 Å². The molecule has 0 atom stereocenters. The maximum atomic E-state index is 3.41. The molecule has 0 aromatic heterocycles. The Morgan fingerprint density at radius 2 is 0.594 bits per heavy atom. The number of benzene rings is 2. The van der Waals surface area contributed by atoms with E-state index in [9.17, 15) is 0 Å². The van der Waals surface area contributed by atoms with E-state index in [4.69, 9.17) is 0 Å². The van der Waals surface area contributed by atoms with Crippen molar-refractivity contribution in [3.8, 4) is 70.3 Å². The van der Waals surface area contributed by atoms with Gasteiger partial charge in [0.05, 0.1) is 0 Å². The predicted octanol–water partition coefficient (Wildman–Crippen LogP) is 4.04. The molecule has 0 fully saturated rings. The second kappa shape index (κ2) is 12.4. The zero-order valence-corrected chi connectivity index (χ0v) is 25.3. The molecule has 0 aliphatic heterocycles. The van der Waals surface area contributed by atoms with Gasteiger partial charge in [-0.15, -0.1) is 0 Å². The summed E-state index contributed by atoms with van der Waals surface area (Å²) in [5, 5.41) is 0. The Balaban J connectivity index is 2.51. The Bertz CT molecular complexity index is 1130. The third-order valence-electron chi connectivity index (χ3n) is 4.84. The Hall–Kier alpha value is -2.60. The summed E-state index contributed by atoms with van der Waals surface area (Å²) < 4.78 is 22.9. The fourth-order valence-corrected chi connectivity index (χ4v) is 17.3. The van der Waals surface area contributed by atoms with Crippen LogP contribution in [0.15, 0.2) is 48.5 Å². The minimum atomic E-state index is -3.36. The van der Waals surface area contributed by atoms with Gasteiger partial charge in [0.1, 0.15) is 0 Å². The van der Waals surface area contributed by atoms with Crippen molar-refractivity contribution in [2.75, 3.05) is 0 Å². The average molecular weight is 624 g/mol. The zero-order chi connectivity index (χ0) is 23.5. The van der Waals surface area contributed by atoms with Crippen LogP contribution in [-0.4, -0.2) is 36.8 Å². The van der Waals surface area contributed by atoms with Crippen LogP contribution in [-0.2, 0) is 0 Å². The van der Waals surface area contributed by atoms with Crippen LogP contribution in [0.3, 0.4) is 0 Å². The van der Waals surface area contributed by atoms with Crippen molar-refractivity contribution in [3.63, 3.8) is 0 Å². The third-order valence-corrected chi connectivity index (χ3v) is 22.4. The second-order valence-electron chi connectivity index (χ2n) is 6.90. The fourth-order valence-electron chi connectivity index (χ4n) is 3.57. The summed E-state index contributed by atoms with van der Waals surface area (Å²) >= 11 is -6.71. The van der Waals surface area contributed by atoms with Gasteiger partial charge in [-0.05, 0) is 0 Å². The molecule has 0 spiro atoms. The predicted molar refractivity (Wildman–Crippen MR) is 143 cm³/mol. The molecule has 0 amide bonds. The standard InChI is InChI=1S/C12H8.6C3H3.2Sn/c1-3-7-11(8-4-1)12-9-5-2-6-10-12;6*1-3-2;;/h3-10H;6*1H3;;. The van der Waals surface area contributed by atoms with E-state index in [1.54, 1.807) is 0 Å². The van der Waals surface area contributed by atoms with E-state index in [0.717, 1.165) is 11.1 Å². The van der Waals surface area contributed by atoms with Gasteiger partial charge in [-0.3, -0.25) is 0 Å². The normalized spacial score (nSPS) is 9.31. The fraction of sp³-hybridized carbons (Fsp3) is 0.200. The summed E-state index contributed by atoms with van der Waals surface area (Å²) in [6.45, 7) is 11.2. The van der Waals surface area contributed by atoms with Gasteiger partial charge in [0.2, 0.25) is 0 Å². The summed E-state index contributed by atoms with van der Waals surface area (Å²) in [6, 6.07) is 17.3. The summed E-state index contributed by atoms with van der Waals surface area (Å²) in [5.74, 6) is 18.5. The van der Waals surface area contributed by atoms with E-state index in [1.807, 2.05) is 41.5 Å². The first-order valence-corrected chi connectivity index (χ1v) is 21.8. The molecule has 0 radical (unpaired) electrons. The van der Waals surface area contributed by atoms with E-state index in [0.29, 0.717) is 0 Å². The van der Waals surface area contributed by atoms with E-state index in [1.165, 1.54) is 7.16 Å². The molecule has 0 bridgehead atoms. The van der Waals surface area contributed by atoms with Gasteiger partial charge in [-0.1, -0.05) is 0 Å². The Labute approximate surface area is 202 Å². The van der Waals surface area contributed by atoms with E-state index in [-0.39, 0.29) is 0 Å². The molecule has 0 unspecified atom stereocenters. The molecule has 0 saturated heterocycles. The molecule has 0 aliphatic carbocycles. The van der Waals surface area contributed by atoms with Crippen LogP contribution >= 0.6 is 0 Å². The molecule has 2 heteroatoms. The molecular weight excluding hydrogens is 598 g/mol. The number of hydrogen-bond donors (Lipinski definition) is 0. The van der Waals surface area contributed by atoms with Crippen LogP contribution in [0, 0.1) is 59.1 Å². The zero-order valence-electron chi connectivity index (χ0n) is 19.6. The molecule has 154 valence electrons. The van der Waals surface area contributed by atoms with Gasteiger partial charge in [0.25, 0.3) is 0 Å². The van der Waals surface area contributed by atoms with Crippen LogP contribution in [0.25, 0.3) is 11.1 Å². The molecule has 0 N–H and O–H groups in total. The van der Waals surface area contributed by atoms with Gasteiger partial charge in [0.15, 0.2) is 0 Å². The number of rotatable bonds is 3. The monoisotopic (exact) mass is 626 g/mol. The molecule has 32 heavy (non-hydrogen) atoms. The Kier molecular flexibility index (Phi) is 9.97. The molecule has 0 aliphatic rings. The van der Waals surface area contributed by atoms with Gasteiger partial charge in [0, 0.05) is 0 Å². The molecular formula is C30H26Sn2. The first-order chi connectivity index (χ1) is 15.5. The third kappa shape index (κ3) is 5.79. The van der Waals surface area contributed by atoms with Crippen molar-refractivity contribution in [2.45, 2.75) is 41.5 Å². The molecule has 0 heterocycles. The first kappa shape index (κ1) is 25.7. The van der Waals surface area contributed by atoms with Crippen LogP contribution in [0.4, 0.5) is 0 Å². The first-order valence-electron chi connectivity index (χ1n) is 10.4. The van der Waals surface area contributed by atoms with Gasteiger partial charge in [-0.25, -0.2) is 0 Å².